The number of halogens is 2. The van der Waals surface area contributed by atoms with Gasteiger partial charge in [0.05, 0.1) is 5.56 Å². The first kappa shape index (κ1) is 9.12. The number of aromatic hydroxyl groups is 1. The molecule has 0 amide bonds. The number of hydrogen-bond donors (Lipinski definition) is 1. The Morgan fingerprint density at radius 3 is 2.64 bits per heavy atom. The highest BCUT2D eigenvalue weighted by Crippen LogP contribution is 2.32. The van der Waals surface area contributed by atoms with Crippen molar-refractivity contribution in [1.82, 2.24) is 0 Å². The van der Waals surface area contributed by atoms with E-state index in [1.54, 1.807) is 0 Å². The molecule has 0 atom stereocenters. The highest BCUT2D eigenvalue weighted by atomic mass is 19.1. The van der Waals surface area contributed by atoms with Crippen molar-refractivity contribution in [3.05, 3.63) is 28.8 Å². The van der Waals surface area contributed by atoms with E-state index >= 15 is 0 Å². The average molecular weight is 198 g/mol. The molecule has 0 unspecified atom stereocenters. The number of carbonyl (C=O) groups excluding carboxylic acids is 1. The van der Waals surface area contributed by atoms with E-state index in [4.69, 9.17) is 0 Å². The summed E-state index contributed by atoms with van der Waals surface area (Å²) in [5, 5.41) is 9.29. The van der Waals surface area contributed by atoms with Crippen LogP contribution in [0.5, 0.6) is 5.75 Å². The molecule has 4 heteroatoms. The Balaban J connectivity index is 2.72. The minimum absolute atomic E-state index is 0.110. The van der Waals surface area contributed by atoms with Crippen LogP contribution in [0, 0.1) is 11.6 Å². The Labute approximate surface area is 79.2 Å². The molecule has 1 aliphatic rings. The van der Waals surface area contributed by atoms with Crippen LogP contribution in [0.1, 0.15) is 28.8 Å². The summed E-state index contributed by atoms with van der Waals surface area (Å²) in [6, 6.07) is 0.553. The maximum Gasteiger partial charge on any atom is 0.168 e. The minimum atomic E-state index is -1.00. The van der Waals surface area contributed by atoms with Crippen molar-refractivity contribution in [2.24, 2.45) is 0 Å². The van der Waals surface area contributed by atoms with Crippen LogP contribution >= 0.6 is 0 Å². The molecule has 0 aromatic heterocycles. The summed E-state index contributed by atoms with van der Waals surface area (Å²) in [4.78, 5) is 11.3. The molecule has 1 N–H and O–H groups in total. The smallest absolute Gasteiger partial charge is 0.168 e. The van der Waals surface area contributed by atoms with Gasteiger partial charge < -0.3 is 5.11 Å². The standard InChI is InChI=1S/C10H8F2O2/c11-6-4-7(12)10(14)5-2-1-3-8(13)9(5)6/h4,14H,1-3H2. The number of rotatable bonds is 0. The van der Waals surface area contributed by atoms with Crippen LogP contribution in [0.4, 0.5) is 8.78 Å². The van der Waals surface area contributed by atoms with Crippen molar-refractivity contribution in [3.63, 3.8) is 0 Å². The normalized spacial score (nSPS) is 15.4. The second-order valence-corrected chi connectivity index (χ2v) is 3.32. The van der Waals surface area contributed by atoms with E-state index in [0.29, 0.717) is 18.9 Å². The predicted molar refractivity (Wildman–Crippen MR) is 45.3 cm³/mol. The van der Waals surface area contributed by atoms with Gasteiger partial charge in [-0.1, -0.05) is 0 Å². The highest BCUT2D eigenvalue weighted by molar-refractivity contribution is 5.99. The molecule has 1 aromatic rings. The third-order valence-electron chi connectivity index (χ3n) is 2.42. The average Bonchev–Trinajstić information content (AvgIpc) is 2.14. The van der Waals surface area contributed by atoms with Gasteiger partial charge in [-0.05, 0) is 12.8 Å². The molecule has 0 fully saturated rings. The number of hydrogen-bond acceptors (Lipinski definition) is 2. The summed E-state index contributed by atoms with van der Waals surface area (Å²) >= 11 is 0. The molecule has 0 saturated carbocycles. The number of fused-ring (bicyclic) bond motifs is 1. The van der Waals surface area contributed by atoms with E-state index in [2.05, 4.69) is 0 Å². The van der Waals surface area contributed by atoms with Gasteiger partial charge in [-0.3, -0.25) is 4.79 Å². The quantitative estimate of drug-likeness (QED) is 0.693. The summed E-state index contributed by atoms with van der Waals surface area (Å²) < 4.78 is 26.1. The maximum atomic E-state index is 13.2. The summed E-state index contributed by atoms with van der Waals surface area (Å²) in [7, 11) is 0. The van der Waals surface area contributed by atoms with Gasteiger partial charge in [-0.2, -0.15) is 0 Å². The van der Waals surface area contributed by atoms with Gasteiger partial charge in [0.15, 0.2) is 17.3 Å². The second kappa shape index (κ2) is 3.04. The molecule has 0 bridgehead atoms. The first-order valence-electron chi connectivity index (χ1n) is 4.34. The molecule has 0 saturated heterocycles. The Morgan fingerprint density at radius 2 is 1.93 bits per heavy atom. The molecular formula is C10H8F2O2. The Bertz CT molecular complexity index is 413. The van der Waals surface area contributed by atoms with Crippen molar-refractivity contribution in [1.29, 1.82) is 0 Å². The maximum absolute atomic E-state index is 13.2. The summed E-state index contributed by atoms with van der Waals surface area (Å²) in [5.74, 6) is -2.83. The topological polar surface area (TPSA) is 37.3 Å². The van der Waals surface area contributed by atoms with E-state index in [1.807, 2.05) is 0 Å². The van der Waals surface area contributed by atoms with Crippen LogP contribution in [-0.4, -0.2) is 10.9 Å². The van der Waals surface area contributed by atoms with Gasteiger partial charge in [0.25, 0.3) is 0 Å². The molecule has 14 heavy (non-hydrogen) atoms. The van der Waals surface area contributed by atoms with Crippen molar-refractivity contribution in [3.8, 4) is 5.75 Å². The van der Waals surface area contributed by atoms with Crippen molar-refractivity contribution in [2.75, 3.05) is 0 Å². The summed E-state index contributed by atoms with van der Waals surface area (Å²) in [6.07, 6.45) is 1.14. The Morgan fingerprint density at radius 1 is 1.21 bits per heavy atom. The lowest BCUT2D eigenvalue weighted by molar-refractivity contribution is 0.0967. The minimum Gasteiger partial charge on any atom is -0.505 e. The lowest BCUT2D eigenvalue weighted by Crippen LogP contribution is -2.14. The van der Waals surface area contributed by atoms with Gasteiger partial charge in [0, 0.05) is 18.1 Å². The number of Topliss-reactive ketones (excluding diaryl/α,β-unsaturated/α-hetero) is 1. The zero-order valence-electron chi connectivity index (χ0n) is 7.31. The predicted octanol–water partition coefficient (Wildman–Crippen LogP) is 2.19. The monoisotopic (exact) mass is 198 g/mol. The van der Waals surface area contributed by atoms with Crippen LogP contribution < -0.4 is 0 Å². The molecular weight excluding hydrogens is 190 g/mol. The highest BCUT2D eigenvalue weighted by Gasteiger charge is 2.26. The third kappa shape index (κ3) is 1.18. The van der Waals surface area contributed by atoms with Crippen molar-refractivity contribution >= 4 is 5.78 Å². The van der Waals surface area contributed by atoms with E-state index in [0.717, 1.165) is 0 Å². The van der Waals surface area contributed by atoms with Gasteiger partial charge in [-0.25, -0.2) is 8.78 Å². The molecule has 1 aliphatic carbocycles. The van der Waals surface area contributed by atoms with Crippen molar-refractivity contribution < 1.29 is 18.7 Å². The van der Waals surface area contributed by atoms with Crippen LogP contribution in [0.25, 0.3) is 0 Å². The third-order valence-corrected chi connectivity index (χ3v) is 2.42. The fraction of sp³-hybridized carbons (Fsp3) is 0.300. The molecule has 74 valence electrons. The first-order chi connectivity index (χ1) is 6.61. The zero-order valence-corrected chi connectivity index (χ0v) is 7.31. The van der Waals surface area contributed by atoms with Crippen LogP contribution in [0.15, 0.2) is 6.07 Å². The number of ketones is 1. The number of benzene rings is 1. The van der Waals surface area contributed by atoms with Gasteiger partial charge in [-0.15, -0.1) is 0 Å². The lowest BCUT2D eigenvalue weighted by atomic mass is 9.89. The van der Waals surface area contributed by atoms with E-state index in [1.165, 1.54) is 0 Å². The van der Waals surface area contributed by atoms with Crippen LogP contribution in [0.3, 0.4) is 0 Å². The van der Waals surface area contributed by atoms with Crippen LogP contribution in [0.2, 0.25) is 0 Å². The van der Waals surface area contributed by atoms with E-state index in [-0.39, 0.29) is 23.3 Å². The Hall–Kier alpha value is -1.45. The largest absolute Gasteiger partial charge is 0.505 e. The molecule has 0 aliphatic heterocycles. The second-order valence-electron chi connectivity index (χ2n) is 3.32. The van der Waals surface area contributed by atoms with Gasteiger partial charge in [0.2, 0.25) is 0 Å². The van der Waals surface area contributed by atoms with Gasteiger partial charge in [0.1, 0.15) is 5.82 Å². The lowest BCUT2D eigenvalue weighted by Gasteiger charge is -2.16. The molecule has 0 radical (unpaired) electrons. The zero-order chi connectivity index (χ0) is 10.3. The first-order valence-corrected chi connectivity index (χ1v) is 4.34. The molecule has 2 nitrogen and oxygen atoms in total. The summed E-state index contributed by atoms with van der Waals surface area (Å²) in [6.45, 7) is 0. The van der Waals surface area contributed by atoms with Gasteiger partial charge >= 0.3 is 0 Å². The van der Waals surface area contributed by atoms with E-state index < -0.39 is 17.4 Å². The van der Waals surface area contributed by atoms with Crippen LogP contribution in [-0.2, 0) is 6.42 Å². The molecule has 0 spiro atoms. The summed E-state index contributed by atoms with van der Waals surface area (Å²) in [5.41, 5.74) is -0.0334. The molecule has 1 aromatic carbocycles. The Kier molecular flexibility index (Phi) is 1.98. The molecule has 2 rings (SSSR count). The van der Waals surface area contributed by atoms with Crippen molar-refractivity contribution in [2.45, 2.75) is 19.3 Å². The van der Waals surface area contributed by atoms with E-state index in [9.17, 15) is 18.7 Å². The fourth-order valence-corrected chi connectivity index (χ4v) is 1.75. The number of phenolic OH excluding ortho intramolecular Hbond substituents is 1. The number of phenols is 1. The molecule has 0 heterocycles. The number of carbonyl (C=O) groups is 1. The SMILES string of the molecule is O=C1CCCc2c(O)c(F)cc(F)c21. The fourth-order valence-electron chi connectivity index (χ4n) is 1.75.